The van der Waals surface area contributed by atoms with E-state index in [0.29, 0.717) is 13.0 Å². The number of ether oxygens (including phenoxy) is 1. The standard InChI is InChI=1S/C11H20N2O3S/c1-3-16-10(15)9(12-8-14)11(17)4-6-13(2)7-5-11/h8-9,17H,3-7H2,1-2H3,(H,12,14)/p+1. The van der Waals surface area contributed by atoms with Gasteiger partial charge in [-0.25, -0.2) is 4.79 Å². The molecule has 6 heteroatoms. The zero-order valence-electron chi connectivity index (χ0n) is 10.4. The number of likely N-dealkylation sites (tertiary alicyclic amines) is 1. The van der Waals surface area contributed by atoms with Crippen LogP contribution in [-0.4, -0.2) is 49.9 Å². The molecule has 5 nitrogen and oxygen atoms in total. The van der Waals surface area contributed by atoms with E-state index in [0.717, 1.165) is 25.9 Å². The van der Waals surface area contributed by atoms with E-state index in [9.17, 15) is 9.59 Å². The van der Waals surface area contributed by atoms with Gasteiger partial charge in [-0.3, -0.25) is 4.79 Å². The first-order chi connectivity index (χ1) is 8.03. The smallest absolute Gasteiger partial charge is 0.330 e. The number of esters is 1. The van der Waals surface area contributed by atoms with E-state index in [-0.39, 0.29) is 0 Å². The van der Waals surface area contributed by atoms with E-state index in [1.807, 2.05) is 0 Å². The second kappa shape index (κ2) is 6.26. The Balaban J connectivity index is 2.74. The summed E-state index contributed by atoms with van der Waals surface area (Å²) in [7, 11) is 2.11. The molecule has 1 atom stereocenters. The monoisotopic (exact) mass is 261 g/mol. The molecule has 0 saturated carbocycles. The fourth-order valence-electron chi connectivity index (χ4n) is 2.13. The molecular formula is C11H21N2O3S+. The minimum Gasteiger partial charge on any atom is -0.464 e. The zero-order chi connectivity index (χ0) is 12.9. The highest BCUT2D eigenvalue weighted by atomic mass is 32.1. The molecule has 2 N–H and O–H groups in total. The molecule has 0 bridgehead atoms. The molecule has 1 unspecified atom stereocenters. The second-order valence-electron chi connectivity index (χ2n) is 4.53. The van der Waals surface area contributed by atoms with Gasteiger partial charge in [-0.1, -0.05) is 0 Å². The Bertz CT molecular complexity index is 278. The lowest BCUT2D eigenvalue weighted by molar-refractivity contribution is -0.885. The SMILES string of the molecule is CCOC(=O)C(NC=O)C1(S)CC[NH+](C)CC1. The number of carbonyl (C=O) groups is 2. The highest BCUT2D eigenvalue weighted by molar-refractivity contribution is 7.82. The van der Waals surface area contributed by atoms with E-state index < -0.39 is 16.8 Å². The van der Waals surface area contributed by atoms with Crippen molar-refractivity contribution in [1.82, 2.24) is 5.32 Å². The third-order valence-corrected chi connectivity index (χ3v) is 3.97. The number of quaternary nitrogens is 1. The lowest BCUT2D eigenvalue weighted by Gasteiger charge is -2.39. The number of amides is 1. The van der Waals surface area contributed by atoms with Gasteiger partial charge in [0.15, 0.2) is 0 Å². The van der Waals surface area contributed by atoms with Crippen LogP contribution in [0.1, 0.15) is 19.8 Å². The summed E-state index contributed by atoms with van der Waals surface area (Å²) in [6.45, 7) is 3.95. The van der Waals surface area contributed by atoms with E-state index in [1.165, 1.54) is 4.90 Å². The minimum atomic E-state index is -0.656. The number of carbonyl (C=O) groups excluding carboxylic acids is 2. The van der Waals surface area contributed by atoms with Crippen molar-refractivity contribution in [3.63, 3.8) is 0 Å². The average molecular weight is 261 g/mol. The first kappa shape index (κ1) is 14.3. The first-order valence-corrected chi connectivity index (χ1v) is 6.38. The van der Waals surface area contributed by atoms with Gasteiger partial charge >= 0.3 is 5.97 Å². The van der Waals surface area contributed by atoms with E-state index >= 15 is 0 Å². The van der Waals surface area contributed by atoms with Gasteiger partial charge in [-0.05, 0) is 6.92 Å². The molecule has 0 aromatic rings. The van der Waals surface area contributed by atoms with Crippen LogP contribution in [-0.2, 0) is 14.3 Å². The van der Waals surface area contributed by atoms with Crippen molar-refractivity contribution in [2.45, 2.75) is 30.6 Å². The number of rotatable bonds is 5. The number of piperidine rings is 1. The average Bonchev–Trinajstić information content (AvgIpc) is 2.30. The van der Waals surface area contributed by atoms with Crippen LogP contribution >= 0.6 is 12.6 Å². The molecule has 1 amide bonds. The lowest BCUT2D eigenvalue weighted by Crippen LogP contribution is -3.10. The molecule has 1 aliphatic heterocycles. The minimum absolute atomic E-state index is 0.310. The van der Waals surface area contributed by atoms with E-state index in [2.05, 4.69) is 25.0 Å². The summed E-state index contributed by atoms with van der Waals surface area (Å²) in [5.41, 5.74) is 0. The van der Waals surface area contributed by atoms with Gasteiger partial charge in [0.25, 0.3) is 0 Å². The van der Waals surface area contributed by atoms with Crippen molar-refractivity contribution in [1.29, 1.82) is 0 Å². The predicted molar refractivity (Wildman–Crippen MR) is 67.2 cm³/mol. The fraction of sp³-hybridized carbons (Fsp3) is 0.818. The van der Waals surface area contributed by atoms with Crippen LogP contribution in [0.4, 0.5) is 0 Å². The summed E-state index contributed by atoms with van der Waals surface area (Å²) in [6.07, 6.45) is 2.11. The first-order valence-electron chi connectivity index (χ1n) is 5.93. The molecule has 1 heterocycles. The molecule has 1 aliphatic rings. The summed E-state index contributed by atoms with van der Waals surface area (Å²) < 4.78 is 4.49. The van der Waals surface area contributed by atoms with Gasteiger partial charge in [0.1, 0.15) is 6.04 Å². The maximum absolute atomic E-state index is 11.8. The Morgan fingerprint density at radius 3 is 2.65 bits per heavy atom. The maximum atomic E-state index is 11.8. The number of hydrogen-bond acceptors (Lipinski definition) is 4. The Labute approximate surface area is 107 Å². The Morgan fingerprint density at radius 1 is 1.59 bits per heavy atom. The van der Waals surface area contributed by atoms with Crippen LogP contribution in [0.2, 0.25) is 0 Å². The molecule has 1 fully saturated rings. The quantitative estimate of drug-likeness (QED) is 0.325. The number of nitrogens with one attached hydrogen (secondary N) is 2. The zero-order valence-corrected chi connectivity index (χ0v) is 11.3. The Kier molecular flexibility index (Phi) is 5.27. The summed E-state index contributed by atoms with van der Waals surface area (Å²) in [5.74, 6) is -0.394. The van der Waals surface area contributed by atoms with Crippen molar-refractivity contribution in [2.24, 2.45) is 0 Å². The summed E-state index contributed by atoms with van der Waals surface area (Å²) >= 11 is 4.62. The molecule has 1 saturated heterocycles. The van der Waals surface area contributed by atoms with Gasteiger partial charge in [0.2, 0.25) is 6.41 Å². The molecule has 0 radical (unpaired) electrons. The van der Waals surface area contributed by atoms with Gasteiger partial charge in [-0.2, -0.15) is 12.6 Å². The van der Waals surface area contributed by atoms with E-state index in [4.69, 9.17) is 4.74 Å². The van der Waals surface area contributed by atoms with Crippen LogP contribution in [0.5, 0.6) is 0 Å². The van der Waals surface area contributed by atoms with Gasteiger partial charge < -0.3 is 15.0 Å². The normalized spacial score (nSPS) is 30.4. The highest BCUT2D eigenvalue weighted by Gasteiger charge is 2.44. The number of hydrogen-bond donors (Lipinski definition) is 3. The van der Waals surface area contributed by atoms with Crippen LogP contribution in [0.25, 0.3) is 0 Å². The van der Waals surface area contributed by atoms with Crippen molar-refractivity contribution < 1.29 is 19.2 Å². The lowest BCUT2D eigenvalue weighted by atomic mass is 9.88. The molecule has 98 valence electrons. The Morgan fingerprint density at radius 2 is 2.18 bits per heavy atom. The third-order valence-electron chi connectivity index (χ3n) is 3.26. The van der Waals surface area contributed by atoms with Gasteiger partial charge in [-0.15, -0.1) is 0 Å². The van der Waals surface area contributed by atoms with Crippen LogP contribution in [0.15, 0.2) is 0 Å². The fourth-order valence-corrected chi connectivity index (χ4v) is 2.54. The molecule has 0 aromatic carbocycles. The van der Waals surface area contributed by atoms with Gasteiger partial charge in [0.05, 0.1) is 31.5 Å². The Hall–Kier alpha value is -0.750. The topological polar surface area (TPSA) is 59.8 Å². The highest BCUT2D eigenvalue weighted by Crippen LogP contribution is 2.29. The van der Waals surface area contributed by atoms with Crippen LogP contribution in [0, 0.1) is 0 Å². The molecule has 17 heavy (non-hydrogen) atoms. The van der Waals surface area contributed by atoms with Crippen molar-refractivity contribution in [3.05, 3.63) is 0 Å². The molecule has 0 spiro atoms. The molecule has 0 aliphatic carbocycles. The predicted octanol–water partition coefficient (Wildman–Crippen LogP) is -1.36. The molecular weight excluding hydrogens is 240 g/mol. The maximum Gasteiger partial charge on any atom is 0.330 e. The molecule has 0 aromatic heterocycles. The summed E-state index contributed by atoms with van der Waals surface area (Å²) in [6, 6.07) is -0.656. The van der Waals surface area contributed by atoms with Crippen molar-refractivity contribution >= 4 is 25.0 Å². The van der Waals surface area contributed by atoms with Crippen molar-refractivity contribution in [2.75, 3.05) is 26.7 Å². The second-order valence-corrected chi connectivity index (χ2v) is 5.42. The van der Waals surface area contributed by atoms with Gasteiger partial charge in [0, 0.05) is 12.8 Å². The van der Waals surface area contributed by atoms with Crippen LogP contribution < -0.4 is 10.2 Å². The molecule has 1 rings (SSSR count). The van der Waals surface area contributed by atoms with Crippen molar-refractivity contribution in [3.8, 4) is 0 Å². The van der Waals surface area contributed by atoms with E-state index in [1.54, 1.807) is 6.92 Å². The summed E-state index contributed by atoms with van der Waals surface area (Å²) in [4.78, 5) is 23.9. The number of thiol groups is 1. The largest absolute Gasteiger partial charge is 0.464 e. The summed E-state index contributed by atoms with van der Waals surface area (Å²) in [5, 5.41) is 2.55. The third kappa shape index (κ3) is 3.61. The van der Waals surface area contributed by atoms with Crippen LogP contribution in [0.3, 0.4) is 0 Å².